The number of benzene rings is 2. The molecule has 0 radical (unpaired) electrons. The van der Waals surface area contributed by atoms with E-state index < -0.39 is 28.5 Å². The number of rotatable bonds is 7. The van der Waals surface area contributed by atoms with Gasteiger partial charge in [-0.1, -0.05) is 42.1 Å². The zero-order valence-corrected chi connectivity index (χ0v) is 18.9. The molecule has 0 saturated heterocycles. The Morgan fingerprint density at radius 3 is 2.73 bits per heavy atom. The number of amides is 1. The van der Waals surface area contributed by atoms with E-state index >= 15 is 0 Å². The molecule has 2 unspecified atom stereocenters. The van der Waals surface area contributed by atoms with Crippen molar-refractivity contribution in [1.29, 1.82) is 5.26 Å². The number of nitrogens with one attached hydrogen (secondary N) is 1. The molecule has 1 heterocycles. The van der Waals surface area contributed by atoms with Gasteiger partial charge >= 0.3 is 0 Å². The first-order valence-corrected chi connectivity index (χ1v) is 11.1. The lowest BCUT2D eigenvalue weighted by Gasteiger charge is -2.36. The van der Waals surface area contributed by atoms with Gasteiger partial charge in [-0.2, -0.15) is 10.4 Å². The first kappa shape index (κ1) is 24.4. The maximum Gasteiger partial charge on any atom is 0.272 e. The summed E-state index contributed by atoms with van der Waals surface area (Å²) in [7, 11) is 0. The number of nitrogens with zero attached hydrogens (tertiary/aromatic N) is 4. The highest BCUT2D eigenvalue weighted by molar-refractivity contribution is 8.15. The molecule has 3 rings (SSSR count). The van der Waals surface area contributed by atoms with Gasteiger partial charge in [-0.15, -0.1) is 0 Å². The maximum atomic E-state index is 14.6. The van der Waals surface area contributed by atoms with Gasteiger partial charge in [-0.05, 0) is 50.5 Å². The quantitative estimate of drug-likeness (QED) is 0.211. The number of hydrogen-bond acceptors (Lipinski definition) is 6. The first-order chi connectivity index (χ1) is 15.8. The molecule has 0 spiro atoms. The molecule has 10 heteroatoms. The summed E-state index contributed by atoms with van der Waals surface area (Å²) >= 11 is 1.13. The second-order valence-corrected chi connectivity index (χ2v) is 8.68. The molecule has 0 bridgehead atoms. The van der Waals surface area contributed by atoms with Gasteiger partial charge in [0.2, 0.25) is 0 Å². The molecule has 0 aliphatic carbocycles. The molecule has 2 aromatic carbocycles. The lowest BCUT2D eigenvalue weighted by molar-refractivity contribution is -0.143. The molecule has 1 aliphatic rings. The normalized spacial score (nSPS) is 19.1. The van der Waals surface area contributed by atoms with Crippen LogP contribution in [0.15, 0.2) is 58.6 Å². The molecule has 2 N–H and O–H groups in total. The summed E-state index contributed by atoms with van der Waals surface area (Å²) in [6.07, 6.45) is 1.29. The second kappa shape index (κ2) is 10.6. The molecule has 172 valence electrons. The zero-order valence-electron chi connectivity index (χ0n) is 18.1. The Hall–Kier alpha value is -3.29. The number of hydrogen-bond donors (Lipinski definition) is 2. The number of carbonyl (C=O) groups is 1. The second-order valence-electron chi connectivity index (χ2n) is 7.42. The van der Waals surface area contributed by atoms with Gasteiger partial charge in [-0.25, -0.2) is 13.8 Å². The van der Waals surface area contributed by atoms with Crippen molar-refractivity contribution >= 4 is 28.5 Å². The van der Waals surface area contributed by atoms with E-state index in [4.69, 9.17) is 5.26 Å². The van der Waals surface area contributed by atoms with E-state index in [1.807, 2.05) is 30.3 Å². The third kappa shape index (κ3) is 5.38. The summed E-state index contributed by atoms with van der Waals surface area (Å²) in [5.74, 6) is -1.50. The number of thioether (sulfide) groups is 1. The van der Waals surface area contributed by atoms with Gasteiger partial charge in [0.1, 0.15) is 33.5 Å². The van der Waals surface area contributed by atoms with Crippen LogP contribution in [0.1, 0.15) is 37.8 Å². The average Bonchev–Trinajstić information content (AvgIpc) is 3.19. The van der Waals surface area contributed by atoms with Crippen molar-refractivity contribution in [3.8, 4) is 6.19 Å². The minimum absolute atomic E-state index is 0.0618. The third-order valence-corrected chi connectivity index (χ3v) is 6.45. The van der Waals surface area contributed by atoms with Gasteiger partial charge in [0.15, 0.2) is 6.19 Å². The number of aliphatic imine (C=N–C) groups is 1. The van der Waals surface area contributed by atoms with Crippen molar-refractivity contribution in [1.82, 2.24) is 10.3 Å². The Morgan fingerprint density at radius 1 is 1.33 bits per heavy atom. The van der Waals surface area contributed by atoms with Crippen molar-refractivity contribution < 1.29 is 18.7 Å². The number of nitriles is 1. The van der Waals surface area contributed by atoms with Crippen molar-refractivity contribution in [3.05, 3.63) is 71.3 Å². The van der Waals surface area contributed by atoms with E-state index in [2.05, 4.69) is 15.4 Å². The Morgan fingerprint density at radius 2 is 2.06 bits per heavy atom. The van der Waals surface area contributed by atoms with Crippen molar-refractivity contribution in [2.24, 2.45) is 10.1 Å². The summed E-state index contributed by atoms with van der Waals surface area (Å²) in [6.45, 7) is 3.36. The van der Waals surface area contributed by atoms with E-state index in [0.29, 0.717) is 25.2 Å². The summed E-state index contributed by atoms with van der Waals surface area (Å²) < 4.78 is 28.5. The lowest BCUT2D eigenvalue weighted by Crippen LogP contribution is -2.45. The molecular formula is C23H23F2N5O2S. The molecular weight excluding hydrogens is 448 g/mol. The molecule has 0 aromatic heterocycles. The highest BCUT2D eigenvalue weighted by Gasteiger charge is 2.49. The Balaban J connectivity index is 2.04. The summed E-state index contributed by atoms with van der Waals surface area (Å²) in [5, 5.41) is 26.9. The standard InChI is InChI=1S/C23H23F2N5O2S/c1-15(31)22(32)30-23(17-7-4-3-5-8-17,11-6-12-27-16(2)28-14-26)33-21(29-30)19-13-18(24)9-10-20(19)25/h3-5,7-10,13,15,31H,6,11-12H2,1-2H3,(H,27,28). The van der Waals surface area contributed by atoms with Crippen LogP contribution in [0.2, 0.25) is 0 Å². The van der Waals surface area contributed by atoms with E-state index in [1.165, 1.54) is 11.9 Å². The molecule has 1 amide bonds. The SMILES string of the molecule is CC(=NCCCC1(c2ccccc2)SC(c2cc(F)ccc2F)=NN1C(=O)C(C)O)NC#N. The average molecular weight is 472 g/mol. The van der Waals surface area contributed by atoms with Crippen LogP contribution in [0.4, 0.5) is 8.78 Å². The van der Waals surface area contributed by atoms with Gasteiger partial charge in [0, 0.05) is 12.1 Å². The number of amidine groups is 1. The van der Waals surface area contributed by atoms with Crippen LogP contribution in [0, 0.1) is 23.1 Å². The van der Waals surface area contributed by atoms with Crippen molar-refractivity contribution in [3.63, 3.8) is 0 Å². The minimum atomic E-state index is -1.35. The van der Waals surface area contributed by atoms with E-state index in [9.17, 15) is 18.7 Å². The number of halogens is 2. The number of hydrazone groups is 1. The Labute approximate surface area is 194 Å². The van der Waals surface area contributed by atoms with Gasteiger partial charge < -0.3 is 5.11 Å². The monoisotopic (exact) mass is 471 g/mol. The van der Waals surface area contributed by atoms with E-state index in [0.717, 1.165) is 35.5 Å². The maximum absolute atomic E-state index is 14.6. The van der Waals surface area contributed by atoms with Crippen LogP contribution in [-0.2, 0) is 9.67 Å². The summed E-state index contributed by atoms with van der Waals surface area (Å²) in [6, 6.07) is 12.1. The number of aliphatic hydroxyl groups is 1. The van der Waals surface area contributed by atoms with E-state index in [1.54, 1.807) is 13.1 Å². The molecule has 7 nitrogen and oxygen atoms in total. The van der Waals surface area contributed by atoms with Crippen LogP contribution in [0.5, 0.6) is 0 Å². The van der Waals surface area contributed by atoms with Crippen molar-refractivity contribution in [2.75, 3.05) is 6.54 Å². The predicted molar refractivity (Wildman–Crippen MR) is 123 cm³/mol. The Kier molecular flexibility index (Phi) is 7.79. The molecule has 0 fully saturated rings. The highest BCUT2D eigenvalue weighted by atomic mass is 32.2. The summed E-state index contributed by atoms with van der Waals surface area (Å²) in [4.78, 5) is 16.2. The van der Waals surface area contributed by atoms with E-state index in [-0.39, 0.29) is 10.6 Å². The molecule has 2 atom stereocenters. The minimum Gasteiger partial charge on any atom is -0.383 e. The van der Waals surface area contributed by atoms with Crippen molar-refractivity contribution in [2.45, 2.75) is 37.7 Å². The number of aliphatic hydroxyl groups excluding tert-OH is 1. The van der Waals surface area contributed by atoms with Gasteiger partial charge in [-0.3, -0.25) is 15.1 Å². The third-order valence-electron chi connectivity index (χ3n) is 5.01. The molecule has 2 aromatic rings. The van der Waals surface area contributed by atoms with Crippen LogP contribution in [0.25, 0.3) is 0 Å². The fourth-order valence-electron chi connectivity index (χ4n) is 3.44. The Bertz CT molecular complexity index is 1120. The van der Waals surface area contributed by atoms with Crippen LogP contribution >= 0.6 is 11.8 Å². The number of carbonyl (C=O) groups excluding carboxylic acids is 1. The van der Waals surface area contributed by atoms with Crippen LogP contribution in [0.3, 0.4) is 0 Å². The fraction of sp³-hybridized carbons (Fsp3) is 0.304. The smallest absolute Gasteiger partial charge is 0.272 e. The first-order valence-electron chi connectivity index (χ1n) is 10.3. The fourth-order valence-corrected chi connectivity index (χ4v) is 4.86. The predicted octanol–water partition coefficient (Wildman–Crippen LogP) is 3.70. The van der Waals surface area contributed by atoms with Gasteiger partial charge in [0.05, 0.1) is 0 Å². The van der Waals surface area contributed by atoms with Crippen LogP contribution in [-0.4, -0.2) is 39.6 Å². The molecule has 33 heavy (non-hydrogen) atoms. The topological polar surface area (TPSA) is 101 Å². The lowest BCUT2D eigenvalue weighted by atomic mass is 10.00. The molecule has 0 saturated carbocycles. The largest absolute Gasteiger partial charge is 0.383 e. The zero-order chi connectivity index (χ0) is 24.0. The summed E-state index contributed by atoms with van der Waals surface area (Å²) in [5.41, 5.74) is 0.656. The van der Waals surface area contributed by atoms with Gasteiger partial charge in [0.25, 0.3) is 5.91 Å². The highest BCUT2D eigenvalue weighted by Crippen LogP contribution is 2.50. The van der Waals surface area contributed by atoms with Crippen LogP contribution < -0.4 is 5.32 Å². The molecule has 1 aliphatic heterocycles.